The molecular formula is C26H31BrOSi. The number of halogens is 1. The third-order valence-electron chi connectivity index (χ3n) is 5.48. The van der Waals surface area contributed by atoms with Crippen LogP contribution in [-0.2, 0) is 10.8 Å². The first-order valence-electron chi connectivity index (χ1n) is 10.4. The molecule has 0 aliphatic carbocycles. The van der Waals surface area contributed by atoms with Crippen molar-refractivity contribution in [2.45, 2.75) is 45.1 Å². The van der Waals surface area contributed by atoms with Crippen molar-refractivity contribution in [2.24, 2.45) is 0 Å². The van der Waals surface area contributed by atoms with Gasteiger partial charge in [-0.05, 0) is 52.4 Å². The normalized spacial score (nSPS) is 12.1. The summed E-state index contributed by atoms with van der Waals surface area (Å²) in [5.41, 5.74) is 1.38. The van der Waals surface area contributed by atoms with Crippen LogP contribution in [0.4, 0.5) is 0 Å². The van der Waals surface area contributed by atoms with Crippen molar-refractivity contribution in [3.63, 3.8) is 0 Å². The summed E-state index contributed by atoms with van der Waals surface area (Å²) in [7, 11) is -2.40. The fraction of sp³-hybridized carbons (Fsp3) is 0.308. The maximum atomic E-state index is 6.96. The molecule has 0 saturated carbocycles. The molecule has 1 nitrogen and oxygen atoms in total. The molecule has 0 heterocycles. The zero-order valence-electron chi connectivity index (χ0n) is 17.7. The van der Waals surface area contributed by atoms with E-state index in [0.29, 0.717) is 0 Å². The minimum Gasteiger partial charge on any atom is -0.407 e. The number of rotatable bonds is 8. The first-order valence-corrected chi connectivity index (χ1v) is 13.1. The summed E-state index contributed by atoms with van der Waals surface area (Å²) in [6, 6.07) is 30.4. The number of benzene rings is 3. The first kappa shape index (κ1) is 22.0. The maximum Gasteiger partial charge on any atom is 0.261 e. The highest BCUT2D eigenvalue weighted by molar-refractivity contribution is 9.10. The maximum absolute atomic E-state index is 6.96. The first-order chi connectivity index (χ1) is 13.9. The molecule has 3 rings (SSSR count). The molecule has 0 aliphatic heterocycles. The largest absolute Gasteiger partial charge is 0.407 e. The Balaban J connectivity index is 1.78. The Kier molecular flexibility index (Phi) is 7.50. The number of hydrogen-bond acceptors (Lipinski definition) is 1. The molecule has 3 heteroatoms. The van der Waals surface area contributed by atoms with E-state index in [1.807, 2.05) is 0 Å². The molecule has 3 aromatic rings. The average Bonchev–Trinajstić information content (AvgIpc) is 2.71. The van der Waals surface area contributed by atoms with Crippen molar-refractivity contribution < 1.29 is 4.43 Å². The third-order valence-corrected chi connectivity index (χ3v) is 11.0. The highest BCUT2D eigenvalue weighted by Crippen LogP contribution is 2.36. The van der Waals surface area contributed by atoms with Gasteiger partial charge in [0.05, 0.1) is 0 Å². The van der Waals surface area contributed by atoms with Gasteiger partial charge in [0.2, 0.25) is 0 Å². The molecule has 152 valence electrons. The molecule has 0 aliphatic rings. The van der Waals surface area contributed by atoms with Crippen LogP contribution in [0.25, 0.3) is 0 Å². The second kappa shape index (κ2) is 9.88. The van der Waals surface area contributed by atoms with Crippen LogP contribution in [0.3, 0.4) is 0 Å². The topological polar surface area (TPSA) is 9.23 Å². The van der Waals surface area contributed by atoms with E-state index in [9.17, 15) is 0 Å². The zero-order valence-corrected chi connectivity index (χ0v) is 20.3. The Morgan fingerprint density at radius 3 is 1.86 bits per heavy atom. The monoisotopic (exact) mass is 466 g/mol. The summed E-state index contributed by atoms with van der Waals surface area (Å²) >= 11 is 3.57. The SMILES string of the molecule is CC(C)(C)[Si](OCCCCc1cccc(Br)c1)(c1ccccc1)c1ccccc1. The molecule has 0 bridgehead atoms. The van der Waals surface area contributed by atoms with Gasteiger partial charge in [-0.1, -0.05) is 109 Å². The molecular weight excluding hydrogens is 436 g/mol. The summed E-state index contributed by atoms with van der Waals surface area (Å²) in [5, 5.41) is 2.75. The lowest BCUT2D eigenvalue weighted by Crippen LogP contribution is -2.66. The van der Waals surface area contributed by atoms with Crippen LogP contribution in [0.15, 0.2) is 89.4 Å². The van der Waals surface area contributed by atoms with E-state index in [-0.39, 0.29) is 5.04 Å². The van der Waals surface area contributed by atoms with Gasteiger partial charge < -0.3 is 4.43 Å². The van der Waals surface area contributed by atoms with E-state index in [0.717, 1.165) is 30.3 Å². The molecule has 0 atom stereocenters. The number of hydrogen-bond donors (Lipinski definition) is 0. The number of aryl methyl sites for hydroxylation is 1. The van der Waals surface area contributed by atoms with E-state index >= 15 is 0 Å². The number of unbranched alkanes of at least 4 members (excludes halogenated alkanes) is 1. The minimum atomic E-state index is -2.40. The molecule has 0 N–H and O–H groups in total. The second-order valence-electron chi connectivity index (χ2n) is 8.60. The average molecular weight is 468 g/mol. The van der Waals surface area contributed by atoms with E-state index in [1.165, 1.54) is 15.9 Å². The van der Waals surface area contributed by atoms with Gasteiger partial charge in [-0.3, -0.25) is 0 Å². The fourth-order valence-corrected chi connectivity index (χ4v) is 9.16. The Morgan fingerprint density at radius 2 is 1.34 bits per heavy atom. The highest BCUT2D eigenvalue weighted by atomic mass is 79.9. The van der Waals surface area contributed by atoms with Crippen molar-refractivity contribution in [3.05, 3.63) is 95.0 Å². The van der Waals surface area contributed by atoms with Gasteiger partial charge in [-0.15, -0.1) is 0 Å². The van der Waals surface area contributed by atoms with E-state index < -0.39 is 8.32 Å². The summed E-state index contributed by atoms with van der Waals surface area (Å²) < 4.78 is 8.11. The Hall–Kier alpha value is -1.68. The molecule has 0 radical (unpaired) electrons. The van der Waals surface area contributed by atoms with Crippen molar-refractivity contribution in [3.8, 4) is 0 Å². The molecule has 29 heavy (non-hydrogen) atoms. The third kappa shape index (κ3) is 5.27. The van der Waals surface area contributed by atoms with Gasteiger partial charge in [0.25, 0.3) is 8.32 Å². The zero-order chi connectivity index (χ0) is 20.7. The fourth-order valence-electron chi connectivity index (χ4n) is 4.11. The van der Waals surface area contributed by atoms with Crippen molar-refractivity contribution >= 4 is 34.6 Å². The van der Waals surface area contributed by atoms with Crippen LogP contribution in [0.5, 0.6) is 0 Å². The highest BCUT2D eigenvalue weighted by Gasteiger charge is 2.49. The summed E-state index contributed by atoms with van der Waals surface area (Å²) in [4.78, 5) is 0. The Labute approximate surface area is 185 Å². The molecule has 0 fully saturated rings. The molecule has 0 aromatic heterocycles. The standard InChI is InChI=1S/C26H31BrOSi/c1-26(2,3)29(24-16-6-4-7-17-24,25-18-8-5-9-19-25)28-20-11-10-13-22-14-12-15-23(27)21-22/h4-9,12,14-19,21H,10-11,13,20H2,1-3H3. The minimum absolute atomic E-state index is 0.0417. The van der Waals surface area contributed by atoms with Gasteiger partial charge in [0.15, 0.2) is 0 Å². The summed E-state index contributed by atoms with van der Waals surface area (Å²) in [6.45, 7) is 7.80. The molecule has 0 saturated heterocycles. The van der Waals surface area contributed by atoms with E-state index in [2.05, 4.69) is 122 Å². The predicted octanol–water partition coefficient (Wildman–Crippen LogP) is 6.35. The van der Waals surface area contributed by atoms with Crippen molar-refractivity contribution in [1.82, 2.24) is 0 Å². The van der Waals surface area contributed by atoms with Gasteiger partial charge in [-0.2, -0.15) is 0 Å². The molecule has 0 amide bonds. The Morgan fingerprint density at radius 1 is 0.759 bits per heavy atom. The van der Waals surface area contributed by atoms with Crippen LogP contribution in [0.2, 0.25) is 5.04 Å². The van der Waals surface area contributed by atoms with Gasteiger partial charge >= 0.3 is 0 Å². The summed E-state index contributed by atoms with van der Waals surface area (Å²) in [6.07, 6.45) is 3.29. The van der Waals surface area contributed by atoms with Crippen molar-refractivity contribution in [2.75, 3.05) is 6.61 Å². The predicted molar refractivity (Wildman–Crippen MR) is 131 cm³/mol. The quantitative estimate of drug-likeness (QED) is 0.277. The molecule has 0 unspecified atom stereocenters. The van der Waals surface area contributed by atoms with Crippen LogP contribution < -0.4 is 10.4 Å². The summed E-state index contributed by atoms with van der Waals surface area (Å²) in [5.74, 6) is 0. The Bertz CT molecular complexity index is 848. The van der Waals surface area contributed by atoms with E-state index in [4.69, 9.17) is 4.43 Å². The van der Waals surface area contributed by atoms with Gasteiger partial charge in [-0.25, -0.2) is 0 Å². The van der Waals surface area contributed by atoms with Crippen LogP contribution in [-0.4, -0.2) is 14.9 Å². The molecule has 0 spiro atoms. The lowest BCUT2D eigenvalue weighted by atomic mass is 10.1. The van der Waals surface area contributed by atoms with Gasteiger partial charge in [0, 0.05) is 11.1 Å². The van der Waals surface area contributed by atoms with Crippen LogP contribution >= 0.6 is 15.9 Å². The lowest BCUT2D eigenvalue weighted by Gasteiger charge is -2.43. The van der Waals surface area contributed by atoms with E-state index in [1.54, 1.807) is 0 Å². The second-order valence-corrected chi connectivity index (χ2v) is 13.8. The van der Waals surface area contributed by atoms with Crippen LogP contribution in [0.1, 0.15) is 39.2 Å². The smallest absolute Gasteiger partial charge is 0.261 e. The van der Waals surface area contributed by atoms with Crippen molar-refractivity contribution in [1.29, 1.82) is 0 Å². The van der Waals surface area contributed by atoms with Gasteiger partial charge in [0.1, 0.15) is 0 Å². The van der Waals surface area contributed by atoms with Crippen LogP contribution in [0, 0.1) is 0 Å². The molecule has 3 aromatic carbocycles. The lowest BCUT2D eigenvalue weighted by molar-refractivity contribution is 0.288.